The fourth-order valence-electron chi connectivity index (χ4n) is 2.64. The zero-order valence-corrected chi connectivity index (χ0v) is 15.7. The van der Waals surface area contributed by atoms with Crippen molar-refractivity contribution in [2.75, 3.05) is 7.05 Å². The molecule has 0 saturated heterocycles. The number of aldehydes is 1. The standard InChI is InChI=1S/C19H17N3O5S/c1-20-19(24)27-13-14-9-18(17-7-3-2-5-15(17)12-23)22(11-14)28(25,26)16-6-4-8-21-10-16/h2-12H,13H2,1H3,(H,20,24). The molecule has 0 bridgehead atoms. The number of hydrogen-bond acceptors (Lipinski definition) is 6. The van der Waals surface area contributed by atoms with E-state index in [0.717, 1.165) is 3.97 Å². The minimum Gasteiger partial charge on any atom is -0.445 e. The highest BCUT2D eigenvalue weighted by Crippen LogP contribution is 2.29. The summed E-state index contributed by atoms with van der Waals surface area (Å²) in [5.41, 5.74) is 1.51. The van der Waals surface area contributed by atoms with Crippen molar-refractivity contribution in [1.29, 1.82) is 0 Å². The largest absolute Gasteiger partial charge is 0.445 e. The fraction of sp³-hybridized carbons (Fsp3) is 0.105. The lowest BCUT2D eigenvalue weighted by molar-refractivity contribution is 0.112. The molecule has 28 heavy (non-hydrogen) atoms. The van der Waals surface area contributed by atoms with Crippen LogP contribution in [-0.4, -0.2) is 36.8 Å². The molecule has 2 aromatic heterocycles. The van der Waals surface area contributed by atoms with Crippen molar-refractivity contribution in [3.05, 3.63) is 72.2 Å². The topological polar surface area (TPSA) is 107 Å². The molecule has 0 atom stereocenters. The van der Waals surface area contributed by atoms with Crippen LogP contribution in [0.15, 0.2) is 66.0 Å². The minimum atomic E-state index is -3.98. The van der Waals surface area contributed by atoms with Crippen LogP contribution in [0.1, 0.15) is 15.9 Å². The van der Waals surface area contributed by atoms with E-state index in [1.165, 1.54) is 37.8 Å². The number of alkyl carbamates (subject to hydrolysis) is 1. The van der Waals surface area contributed by atoms with Crippen LogP contribution in [0.2, 0.25) is 0 Å². The molecular formula is C19H17N3O5S. The van der Waals surface area contributed by atoms with Gasteiger partial charge in [0, 0.05) is 42.3 Å². The van der Waals surface area contributed by atoms with Crippen molar-refractivity contribution in [3.8, 4) is 11.3 Å². The van der Waals surface area contributed by atoms with Gasteiger partial charge in [0.15, 0.2) is 6.29 Å². The van der Waals surface area contributed by atoms with E-state index in [0.29, 0.717) is 23.0 Å². The Morgan fingerprint density at radius 2 is 2.04 bits per heavy atom. The molecule has 0 unspecified atom stereocenters. The van der Waals surface area contributed by atoms with Crippen LogP contribution >= 0.6 is 0 Å². The van der Waals surface area contributed by atoms with E-state index in [9.17, 15) is 18.0 Å². The molecule has 1 N–H and O–H groups in total. The molecule has 0 spiro atoms. The van der Waals surface area contributed by atoms with E-state index < -0.39 is 16.1 Å². The molecule has 1 amide bonds. The van der Waals surface area contributed by atoms with Crippen LogP contribution in [0.3, 0.4) is 0 Å². The van der Waals surface area contributed by atoms with Crippen LogP contribution in [0.4, 0.5) is 4.79 Å². The highest BCUT2D eigenvalue weighted by molar-refractivity contribution is 7.90. The van der Waals surface area contributed by atoms with E-state index in [-0.39, 0.29) is 17.2 Å². The van der Waals surface area contributed by atoms with Gasteiger partial charge in [-0.1, -0.05) is 24.3 Å². The van der Waals surface area contributed by atoms with Crippen LogP contribution in [0, 0.1) is 0 Å². The van der Waals surface area contributed by atoms with Gasteiger partial charge in [0.05, 0.1) is 5.69 Å². The molecule has 9 heteroatoms. The van der Waals surface area contributed by atoms with Crippen molar-refractivity contribution in [1.82, 2.24) is 14.3 Å². The normalized spacial score (nSPS) is 11.0. The van der Waals surface area contributed by atoms with Crippen LogP contribution < -0.4 is 5.32 Å². The Bertz CT molecular complexity index is 1110. The number of aromatic nitrogens is 2. The number of rotatable bonds is 6. The van der Waals surface area contributed by atoms with Crippen molar-refractivity contribution >= 4 is 22.4 Å². The van der Waals surface area contributed by atoms with E-state index >= 15 is 0 Å². The minimum absolute atomic E-state index is 0.00537. The highest BCUT2D eigenvalue weighted by atomic mass is 32.2. The number of nitrogens with one attached hydrogen (secondary N) is 1. The number of carbonyl (C=O) groups is 2. The third kappa shape index (κ3) is 3.79. The van der Waals surface area contributed by atoms with Crippen LogP contribution in [-0.2, 0) is 21.4 Å². The molecule has 8 nitrogen and oxygen atoms in total. The number of carbonyl (C=O) groups excluding carboxylic acids is 2. The fourth-order valence-corrected chi connectivity index (χ4v) is 3.99. The third-order valence-corrected chi connectivity index (χ3v) is 5.63. The van der Waals surface area contributed by atoms with Gasteiger partial charge in [0.2, 0.25) is 0 Å². The Morgan fingerprint density at radius 3 is 2.71 bits per heavy atom. The molecular weight excluding hydrogens is 382 g/mol. The Hall–Kier alpha value is -3.46. The van der Waals surface area contributed by atoms with Crippen molar-refractivity contribution in [3.63, 3.8) is 0 Å². The number of pyridine rings is 1. The average Bonchev–Trinajstić information content (AvgIpc) is 3.17. The average molecular weight is 399 g/mol. The first kappa shape index (κ1) is 19.3. The molecule has 0 fully saturated rings. The summed E-state index contributed by atoms with van der Waals surface area (Å²) >= 11 is 0. The van der Waals surface area contributed by atoms with Gasteiger partial charge in [-0.25, -0.2) is 17.2 Å². The van der Waals surface area contributed by atoms with Gasteiger partial charge in [-0.3, -0.25) is 9.78 Å². The van der Waals surface area contributed by atoms with Crippen molar-refractivity contribution < 1.29 is 22.7 Å². The Balaban J connectivity index is 2.16. The molecule has 0 aliphatic carbocycles. The number of nitrogens with zero attached hydrogens (tertiary/aromatic N) is 2. The van der Waals surface area contributed by atoms with Gasteiger partial charge >= 0.3 is 6.09 Å². The summed E-state index contributed by atoms with van der Waals surface area (Å²) in [6, 6.07) is 11.2. The number of ether oxygens (including phenoxy) is 1. The molecule has 3 aromatic rings. The second-order valence-corrected chi connectivity index (χ2v) is 7.57. The maximum atomic E-state index is 13.1. The lowest BCUT2D eigenvalue weighted by Gasteiger charge is -2.11. The quantitative estimate of drug-likeness (QED) is 0.638. The molecule has 1 aromatic carbocycles. The van der Waals surface area contributed by atoms with Gasteiger partial charge in [-0.15, -0.1) is 0 Å². The monoisotopic (exact) mass is 399 g/mol. The van der Waals surface area contributed by atoms with E-state index in [2.05, 4.69) is 10.3 Å². The van der Waals surface area contributed by atoms with Gasteiger partial charge in [0.25, 0.3) is 10.0 Å². The zero-order chi connectivity index (χ0) is 20.1. The summed E-state index contributed by atoms with van der Waals surface area (Å²) in [6.45, 7) is -0.133. The summed E-state index contributed by atoms with van der Waals surface area (Å²) in [7, 11) is -2.56. The first-order valence-corrected chi connectivity index (χ1v) is 9.67. The van der Waals surface area contributed by atoms with E-state index in [4.69, 9.17) is 4.74 Å². The zero-order valence-electron chi connectivity index (χ0n) is 14.9. The second kappa shape index (κ2) is 8.05. The van der Waals surface area contributed by atoms with E-state index in [1.54, 1.807) is 30.3 Å². The smallest absolute Gasteiger partial charge is 0.407 e. The molecule has 2 heterocycles. The van der Waals surface area contributed by atoms with Crippen LogP contribution in [0.25, 0.3) is 11.3 Å². The maximum Gasteiger partial charge on any atom is 0.407 e. The first-order valence-electron chi connectivity index (χ1n) is 8.23. The summed E-state index contributed by atoms with van der Waals surface area (Å²) in [6.07, 6.45) is 4.09. The Labute approximate surface area is 161 Å². The molecule has 0 radical (unpaired) electrons. The summed E-state index contributed by atoms with van der Waals surface area (Å²) in [4.78, 5) is 26.7. The van der Waals surface area contributed by atoms with Crippen LogP contribution in [0.5, 0.6) is 0 Å². The van der Waals surface area contributed by atoms with Crippen molar-refractivity contribution in [2.24, 2.45) is 0 Å². The highest BCUT2D eigenvalue weighted by Gasteiger charge is 2.23. The number of hydrogen-bond donors (Lipinski definition) is 1. The second-order valence-electron chi connectivity index (χ2n) is 5.75. The first-order chi connectivity index (χ1) is 13.5. The lowest BCUT2D eigenvalue weighted by Crippen LogP contribution is -2.18. The van der Waals surface area contributed by atoms with Gasteiger partial charge in [0.1, 0.15) is 11.5 Å². The number of benzene rings is 1. The lowest BCUT2D eigenvalue weighted by atomic mass is 10.1. The molecule has 144 valence electrons. The SMILES string of the molecule is CNC(=O)OCc1cc(-c2ccccc2C=O)n(S(=O)(=O)c2cccnc2)c1. The Kier molecular flexibility index (Phi) is 5.55. The maximum absolute atomic E-state index is 13.1. The van der Waals surface area contributed by atoms with Gasteiger partial charge in [-0.05, 0) is 18.2 Å². The number of amides is 1. The molecule has 3 rings (SSSR count). The van der Waals surface area contributed by atoms with Gasteiger partial charge < -0.3 is 10.1 Å². The predicted molar refractivity (Wildman–Crippen MR) is 101 cm³/mol. The molecule has 0 aliphatic rings. The summed E-state index contributed by atoms with van der Waals surface area (Å²) in [5, 5.41) is 2.32. The third-order valence-electron chi connectivity index (χ3n) is 3.97. The molecule has 0 saturated carbocycles. The van der Waals surface area contributed by atoms with Gasteiger partial charge in [-0.2, -0.15) is 0 Å². The summed E-state index contributed by atoms with van der Waals surface area (Å²) in [5.74, 6) is 0. The predicted octanol–water partition coefficient (Wildman–Crippen LogP) is 2.46. The van der Waals surface area contributed by atoms with Crippen molar-refractivity contribution in [2.45, 2.75) is 11.5 Å². The molecule has 0 aliphatic heterocycles. The summed E-state index contributed by atoms with van der Waals surface area (Å²) < 4.78 is 32.4. The van der Waals surface area contributed by atoms with E-state index in [1.807, 2.05) is 0 Å². The Morgan fingerprint density at radius 1 is 1.25 bits per heavy atom.